The molecule has 2 heterocycles. The maximum absolute atomic E-state index is 12.7. The lowest BCUT2D eigenvalue weighted by Crippen LogP contribution is -2.23. The Morgan fingerprint density at radius 1 is 0.966 bits per heavy atom. The van der Waals surface area contributed by atoms with Crippen molar-refractivity contribution in [3.63, 3.8) is 0 Å². The Hall–Kier alpha value is -3.11. The van der Waals surface area contributed by atoms with Crippen LogP contribution < -0.4 is 0 Å². The van der Waals surface area contributed by atoms with Crippen LogP contribution in [0.2, 0.25) is 0 Å². The molecule has 11 heteroatoms. The number of alkyl halides is 2. The molecule has 0 radical (unpaired) electrons. The van der Waals surface area contributed by atoms with E-state index in [1.165, 1.54) is 36.1 Å². The second kappa shape index (κ2) is 11.0. The molecule has 2 aromatic rings. The van der Waals surface area contributed by atoms with Crippen LogP contribution in [0.4, 0.5) is 8.78 Å². The molecular weight excluding hydrogens is 390 g/mol. The number of hydrogen-bond acceptors (Lipinski definition) is 7. The van der Waals surface area contributed by atoms with Gasteiger partial charge in [-0.3, -0.25) is 14.2 Å². The molecule has 0 aliphatic carbocycles. The molecule has 0 saturated heterocycles. The second-order valence-electron chi connectivity index (χ2n) is 5.96. The minimum Gasteiger partial charge on any atom is -0.461 e. The Bertz CT molecular complexity index is 826. The highest BCUT2D eigenvalue weighted by Gasteiger charge is 2.25. The van der Waals surface area contributed by atoms with Gasteiger partial charge in [-0.05, 0) is 32.9 Å². The van der Waals surface area contributed by atoms with E-state index in [1.807, 2.05) is 0 Å². The SMILES string of the molecule is CCOC(=O)c1ccnn1CC(C)(F)F.CCOC(=O)c1ccnn1CC(C)=O. The van der Waals surface area contributed by atoms with E-state index in [2.05, 4.69) is 10.2 Å². The highest BCUT2D eigenvalue weighted by molar-refractivity contribution is 5.88. The van der Waals surface area contributed by atoms with Gasteiger partial charge in [-0.25, -0.2) is 18.4 Å². The molecule has 0 aliphatic rings. The van der Waals surface area contributed by atoms with E-state index in [4.69, 9.17) is 9.47 Å². The van der Waals surface area contributed by atoms with Crippen LogP contribution in [0.25, 0.3) is 0 Å². The molecular formula is C18H24F2N4O5. The van der Waals surface area contributed by atoms with Crippen LogP contribution in [0.1, 0.15) is 48.7 Å². The third-order valence-electron chi connectivity index (χ3n) is 3.20. The molecule has 0 unspecified atom stereocenters. The van der Waals surface area contributed by atoms with Gasteiger partial charge in [0.1, 0.15) is 24.5 Å². The van der Waals surface area contributed by atoms with Gasteiger partial charge in [0, 0.05) is 19.3 Å². The number of ketones is 1. The van der Waals surface area contributed by atoms with Crippen molar-refractivity contribution >= 4 is 17.7 Å². The number of carbonyl (C=O) groups excluding carboxylic acids is 3. The predicted octanol–water partition coefficient (Wildman–Crippen LogP) is 2.36. The van der Waals surface area contributed by atoms with Crippen molar-refractivity contribution in [1.82, 2.24) is 19.6 Å². The van der Waals surface area contributed by atoms with Gasteiger partial charge in [-0.1, -0.05) is 0 Å². The number of aromatic nitrogens is 4. The van der Waals surface area contributed by atoms with Gasteiger partial charge in [-0.15, -0.1) is 0 Å². The van der Waals surface area contributed by atoms with E-state index in [9.17, 15) is 23.2 Å². The molecule has 0 aromatic carbocycles. The van der Waals surface area contributed by atoms with Gasteiger partial charge < -0.3 is 9.47 Å². The van der Waals surface area contributed by atoms with Crippen molar-refractivity contribution in [2.45, 2.75) is 46.7 Å². The van der Waals surface area contributed by atoms with Crippen LogP contribution in [-0.2, 0) is 27.4 Å². The van der Waals surface area contributed by atoms with Gasteiger partial charge in [-0.2, -0.15) is 10.2 Å². The van der Waals surface area contributed by atoms with Crippen molar-refractivity contribution in [1.29, 1.82) is 0 Å². The molecule has 0 aliphatic heterocycles. The Kier molecular flexibility index (Phi) is 9.10. The van der Waals surface area contributed by atoms with Crippen LogP contribution in [0.5, 0.6) is 0 Å². The summed E-state index contributed by atoms with van der Waals surface area (Å²) in [5.41, 5.74) is 0.348. The van der Waals surface area contributed by atoms with E-state index < -0.39 is 24.4 Å². The fraction of sp³-hybridized carbons (Fsp3) is 0.500. The molecule has 0 amide bonds. The van der Waals surface area contributed by atoms with E-state index in [0.29, 0.717) is 12.3 Å². The Morgan fingerprint density at radius 2 is 1.41 bits per heavy atom. The molecule has 2 aromatic heterocycles. The quantitative estimate of drug-likeness (QED) is 0.611. The van der Waals surface area contributed by atoms with Crippen molar-refractivity contribution in [3.8, 4) is 0 Å². The number of halogens is 2. The summed E-state index contributed by atoms with van der Waals surface area (Å²) in [5.74, 6) is -4.06. The second-order valence-corrected chi connectivity index (χ2v) is 5.96. The Morgan fingerprint density at radius 3 is 1.83 bits per heavy atom. The average molecular weight is 414 g/mol. The number of rotatable bonds is 8. The molecule has 0 atom stereocenters. The van der Waals surface area contributed by atoms with Gasteiger partial charge in [0.25, 0.3) is 5.92 Å². The number of carbonyl (C=O) groups is 3. The molecule has 2 rings (SSSR count). The van der Waals surface area contributed by atoms with E-state index in [-0.39, 0.29) is 24.6 Å². The maximum Gasteiger partial charge on any atom is 0.356 e. The number of ether oxygens (including phenoxy) is 2. The summed E-state index contributed by atoms with van der Waals surface area (Å²) in [6, 6.07) is 2.88. The molecule has 0 N–H and O–H groups in total. The van der Waals surface area contributed by atoms with Crippen molar-refractivity contribution in [2.24, 2.45) is 0 Å². The summed E-state index contributed by atoms with van der Waals surface area (Å²) in [6.45, 7) is 5.56. The van der Waals surface area contributed by atoms with Gasteiger partial charge in [0.2, 0.25) is 0 Å². The van der Waals surface area contributed by atoms with Crippen molar-refractivity contribution in [2.75, 3.05) is 13.2 Å². The lowest BCUT2D eigenvalue weighted by Gasteiger charge is -2.12. The first kappa shape index (κ1) is 23.9. The normalized spacial score (nSPS) is 10.7. The zero-order valence-corrected chi connectivity index (χ0v) is 16.7. The summed E-state index contributed by atoms with van der Waals surface area (Å²) < 4.78 is 37.2. The number of hydrogen-bond donors (Lipinski definition) is 0. The lowest BCUT2D eigenvalue weighted by molar-refractivity contribution is -0.117. The molecule has 0 bridgehead atoms. The highest BCUT2D eigenvalue weighted by Crippen LogP contribution is 2.15. The average Bonchev–Trinajstić information content (AvgIpc) is 3.23. The maximum atomic E-state index is 12.7. The smallest absolute Gasteiger partial charge is 0.356 e. The van der Waals surface area contributed by atoms with Crippen LogP contribution in [0.3, 0.4) is 0 Å². The molecule has 160 valence electrons. The highest BCUT2D eigenvalue weighted by atomic mass is 19.3. The predicted molar refractivity (Wildman–Crippen MR) is 97.7 cm³/mol. The molecule has 0 fully saturated rings. The van der Waals surface area contributed by atoms with Crippen molar-refractivity contribution in [3.05, 3.63) is 35.9 Å². The van der Waals surface area contributed by atoms with Crippen LogP contribution in [0.15, 0.2) is 24.5 Å². The monoisotopic (exact) mass is 414 g/mol. The summed E-state index contributed by atoms with van der Waals surface area (Å²) in [7, 11) is 0. The Balaban J connectivity index is 0.000000291. The Labute approximate surface area is 166 Å². The largest absolute Gasteiger partial charge is 0.461 e. The zero-order valence-electron chi connectivity index (χ0n) is 16.7. The number of Topliss-reactive ketones (excluding diaryl/α,β-unsaturated/α-hetero) is 1. The van der Waals surface area contributed by atoms with Crippen LogP contribution >= 0.6 is 0 Å². The van der Waals surface area contributed by atoms with Crippen LogP contribution in [0, 0.1) is 0 Å². The number of nitrogens with zero attached hydrogens (tertiary/aromatic N) is 4. The molecule has 9 nitrogen and oxygen atoms in total. The first-order valence-electron chi connectivity index (χ1n) is 8.84. The van der Waals surface area contributed by atoms with Crippen LogP contribution in [-0.4, -0.2) is 56.4 Å². The number of esters is 2. The van der Waals surface area contributed by atoms with Gasteiger partial charge >= 0.3 is 11.9 Å². The molecule has 0 spiro atoms. The lowest BCUT2D eigenvalue weighted by atomic mass is 10.3. The van der Waals surface area contributed by atoms with E-state index in [1.54, 1.807) is 13.8 Å². The summed E-state index contributed by atoms with van der Waals surface area (Å²) in [6.07, 6.45) is 2.76. The van der Waals surface area contributed by atoms with Gasteiger partial charge in [0.15, 0.2) is 5.78 Å². The summed E-state index contributed by atoms with van der Waals surface area (Å²) in [5, 5.41) is 7.50. The first-order chi connectivity index (χ1) is 13.6. The van der Waals surface area contributed by atoms with E-state index in [0.717, 1.165) is 11.6 Å². The summed E-state index contributed by atoms with van der Waals surface area (Å²) in [4.78, 5) is 33.4. The van der Waals surface area contributed by atoms with Gasteiger partial charge in [0.05, 0.1) is 13.2 Å². The third-order valence-corrected chi connectivity index (χ3v) is 3.20. The van der Waals surface area contributed by atoms with Crippen molar-refractivity contribution < 1.29 is 32.6 Å². The fourth-order valence-electron chi connectivity index (χ4n) is 2.15. The molecule has 29 heavy (non-hydrogen) atoms. The topological polar surface area (TPSA) is 105 Å². The fourth-order valence-corrected chi connectivity index (χ4v) is 2.15. The first-order valence-corrected chi connectivity index (χ1v) is 8.84. The third kappa shape index (κ3) is 8.20. The minimum absolute atomic E-state index is 0.0402. The summed E-state index contributed by atoms with van der Waals surface area (Å²) >= 11 is 0. The standard InChI is InChI=1S/C9H12F2N2O2.C9H12N2O3/c1-3-15-8(14)7-4-5-12-13(7)6-9(2,10)11;1-3-14-9(13)8-4-5-10-11(8)6-7(2)12/h4-5H,3,6H2,1-2H3;4-5H,3,6H2,1-2H3. The zero-order chi connectivity index (χ0) is 22.0. The molecule has 0 saturated carbocycles. The van der Waals surface area contributed by atoms with E-state index >= 15 is 0 Å². The minimum atomic E-state index is -2.91.